The Morgan fingerprint density at radius 2 is 1.64 bits per heavy atom. The molecule has 0 spiro atoms. The molecule has 0 amide bonds. The summed E-state index contributed by atoms with van der Waals surface area (Å²) in [6, 6.07) is 24.3. The minimum atomic E-state index is -3.89. The van der Waals surface area contributed by atoms with Gasteiger partial charge in [0.2, 0.25) is 26.6 Å². The molecule has 0 atom stereocenters. The number of oxazole rings is 1. The number of halogens is 1. The van der Waals surface area contributed by atoms with E-state index in [1.165, 1.54) is 5.56 Å². The van der Waals surface area contributed by atoms with Crippen LogP contribution in [0.4, 0.5) is 5.88 Å². The molecule has 36 heavy (non-hydrogen) atoms. The SMILES string of the molecule is COc1ccc(-c2nc(S(=O)(=O)c3ccc(Br)cc3)c(N3CCC(Cc4ccccc4)CC3)o2)cc1. The zero-order valence-electron chi connectivity index (χ0n) is 19.9. The van der Waals surface area contributed by atoms with Crippen molar-refractivity contribution in [2.45, 2.75) is 29.2 Å². The Kier molecular flexibility index (Phi) is 7.16. The highest BCUT2D eigenvalue weighted by Gasteiger charge is 2.33. The maximum Gasteiger partial charge on any atom is 0.236 e. The number of hydrogen-bond donors (Lipinski definition) is 0. The van der Waals surface area contributed by atoms with Crippen LogP contribution in [0.2, 0.25) is 0 Å². The van der Waals surface area contributed by atoms with Gasteiger partial charge in [0, 0.05) is 23.1 Å². The topological polar surface area (TPSA) is 72.6 Å². The van der Waals surface area contributed by atoms with Gasteiger partial charge in [0.1, 0.15) is 5.75 Å². The number of benzene rings is 3. The van der Waals surface area contributed by atoms with E-state index < -0.39 is 9.84 Å². The molecule has 3 aromatic carbocycles. The average molecular weight is 568 g/mol. The molecule has 1 saturated heterocycles. The molecule has 1 aliphatic rings. The van der Waals surface area contributed by atoms with Gasteiger partial charge in [-0.25, -0.2) is 8.42 Å². The van der Waals surface area contributed by atoms with Crippen LogP contribution in [0.15, 0.2) is 97.7 Å². The van der Waals surface area contributed by atoms with Crippen LogP contribution in [0.25, 0.3) is 11.5 Å². The Balaban J connectivity index is 1.46. The molecular weight excluding hydrogens is 540 g/mol. The summed E-state index contributed by atoms with van der Waals surface area (Å²) in [5.74, 6) is 1.82. The molecule has 5 rings (SSSR count). The molecule has 186 valence electrons. The molecule has 0 aliphatic carbocycles. The van der Waals surface area contributed by atoms with E-state index in [2.05, 4.69) is 45.2 Å². The van der Waals surface area contributed by atoms with E-state index in [9.17, 15) is 8.42 Å². The molecule has 0 N–H and O–H groups in total. The van der Waals surface area contributed by atoms with Gasteiger partial charge >= 0.3 is 0 Å². The standard InChI is InChI=1S/C28H27BrN2O4S/c1-34-24-11-7-22(8-12-24)26-30-27(36(32,33)25-13-9-23(29)10-14-25)28(35-26)31-17-15-21(16-18-31)19-20-5-3-2-4-6-20/h2-14,21H,15-19H2,1H3. The van der Waals surface area contributed by atoms with Gasteiger partial charge in [0.05, 0.1) is 12.0 Å². The summed E-state index contributed by atoms with van der Waals surface area (Å²) < 4.78 is 39.6. The fourth-order valence-electron chi connectivity index (χ4n) is 4.54. The monoisotopic (exact) mass is 566 g/mol. The molecule has 0 bridgehead atoms. The van der Waals surface area contributed by atoms with Crippen molar-refractivity contribution in [2.75, 3.05) is 25.1 Å². The Hall–Kier alpha value is -3.10. The average Bonchev–Trinajstić information content (AvgIpc) is 3.37. The number of hydrogen-bond acceptors (Lipinski definition) is 6. The van der Waals surface area contributed by atoms with Gasteiger partial charge in [-0.2, -0.15) is 4.98 Å². The van der Waals surface area contributed by atoms with E-state index in [4.69, 9.17) is 9.15 Å². The highest BCUT2D eigenvalue weighted by molar-refractivity contribution is 9.10. The normalized spacial score (nSPS) is 14.7. The molecule has 2 heterocycles. The second-order valence-corrected chi connectivity index (χ2v) is 11.7. The van der Waals surface area contributed by atoms with Gasteiger partial charge < -0.3 is 14.1 Å². The molecule has 1 aromatic heterocycles. The number of methoxy groups -OCH3 is 1. The molecular formula is C28H27BrN2O4S. The second-order valence-electron chi connectivity index (χ2n) is 8.94. The lowest BCUT2D eigenvalue weighted by atomic mass is 9.90. The number of rotatable bonds is 7. The van der Waals surface area contributed by atoms with E-state index in [1.54, 1.807) is 43.5 Å². The van der Waals surface area contributed by atoms with Crippen LogP contribution >= 0.6 is 15.9 Å². The predicted octanol–water partition coefficient (Wildman–Crippen LogP) is 6.40. The third kappa shape index (κ3) is 5.20. The van der Waals surface area contributed by atoms with Crippen molar-refractivity contribution in [1.82, 2.24) is 4.98 Å². The molecule has 1 fully saturated rings. The van der Waals surface area contributed by atoms with Crippen LogP contribution in [0.3, 0.4) is 0 Å². The lowest BCUT2D eigenvalue weighted by Crippen LogP contribution is -2.34. The largest absolute Gasteiger partial charge is 0.497 e. The number of sulfone groups is 1. The lowest BCUT2D eigenvalue weighted by Gasteiger charge is -2.32. The minimum absolute atomic E-state index is 0.0443. The summed E-state index contributed by atoms with van der Waals surface area (Å²) in [4.78, 5) is 6.72. The third-order valence-corrected chi connectivity index (χ3v) is 8.76. The number of anilines is 1. The zero-order valence-corrected chi connectivity index (χ0v) is 22.3. The Labute approximate surface area is 220 Å². The highest BCUT2D eigenvalue weighted by Crippen LogP contribution is 2.37. The predicted molar refractivity (Wildman–Crippen MR) is 143 cm³/mol. The van der Waals surface area contributed by atoms with Crippen molar-refractivity contribution in [3.63, 3.8) is 0 Å². The summed E-state index contributed by atoms with van der Waals surface area (Å²) in [5.41, 5.74) is 2.02. The van der Waals surface area contributed by atoms with E-state index in [1.807, 2.05) is 23.1 Å². The van der Waals surface area contributed by atoms with Crippen molar-refractivity contribution in [1.29, 1.82) is 0 Å². The van der Waals surface area contributed by atoms with Crippen LogP contribution in [0.1, 0.15) is 18.4 Å². The quantitative estimate of drug-likeness (QED) is 0.257. The maximum atomic E-state index is 13.7. The summed E-state index contributed by atoms with van der Waals surface area (Å²) in [6.45, 7) is 1.41. The van der Waals surface area contributed by atoms with Gasteiger partial charge in [-0.1, -0.05) is 46.3 Å². The maximum absolute atomic E-state index is 13.7. The van der Waals surface area contributed by atoms with Gasteiger partial charge in [0.25, 0.3) is 0 Å². The molecule has 6 nitrogen and oxygen atoms in total. The Morgan fingerprint density at radius 1 is 0.972 bits per heavy atom. The van der Waals surface area contributed by atoms with Crippen LogP contribution < -0.4 is 9.64 Å². The van der Waals surface area contributed by atoms with Crippen molar-refractivity contribution in [3.05, 3.63) is 88.9 Å². The summed E-state index contributed by atoms with van der Waals surface area (Å²) in [5, 5.41) is -0.0443. The molecule has 8 heteroatoms. The van der Waals surface area contributed by atoms with Crippen molar-refractivity contribution in [2.24, 2.45) is 5.92 Å². The zero-order chi connectivity index (χ0) is 25.1. The lowest BCUT2D eigenvalue weighted by molar-refractivity contribution is 0.387. The van der Waals surface area contributed by atoms with Gasteiger partial charge in [-0.3, -0.25) is 0 Å². The Morgan fingerprint density at radius 3 is 2.28 bits per heavy atom. The van der Waals surface area contributed by atoms with Crippen LogP contribution in [0, 0.1) is 5.92 Å². The number of nitrogens with zero attached hydrogens (tertiary/aromatic N) is 2. The number of aromatic nitrogens is 1. The fourth-order valence-corrected chi connectivity index (χ4v) is 6.13. The molecule has 1 aliphatic heterocycles. The molecule has 0 saturated carbocycles. The second kappa shape index (κ2) is 10.5. The molecule has 4 aromatic rings. The van der Waals surface area contributed by atoms with Crippen molar-refractivity contribution < 1.29 is 17.6 Å². The van der Waals surface area contributed by atoms with Crippen LogP contribution in [-0.2, 0) is 16.3 Å². The van der Waals surface area contributed by atoms with Crippen molar-refractivity contribution >= 4 is 31.7 Å². The van der Waals surface area contributed by atoms with E-state index >= 15 is 0 Å². The minimum Gasteiger partial charge on any atom is -0.497 e. The van der Waals surface area contributed by atoms with E-state index in [0.717, 1.165) is 23.7 Å². The molecule has 0 unspecified atom stereocenters. The first kappa shape index (κ1) is 24.6. The summed E-state index contributed by atoms with van der Waals surface area (Å²) >= 11 is 3.37. The summed E-state index contributed by atoms with van der Waals surface area (Å²) in [7, 11) is -2.29. The first-order valence-corrected chi connectivity index (χ1v) is 14.2. The first-order chi connectivity index (χ1) is 17.4. The van der Waals surface area contributed by atoms with Gasteiger partial charge in [0.15, 0.2) is 0 Å². The molecule has 0 radical (unpaired) electrons. The fraction of sp³-hybridized carbons (Fsp3) is 0.250. The van der Waals surface area contributed by atoms with E-state index in [0.29, 0.717) is 36.2 Å². The number of ether oxygens (including phenoxy) is 1. The first-order valence-electron chi connectivity index (χ1n) is 11.9. The smallest absolute Gasteiger partial charge is 0.236 e. The number of piperidine rings is 1. The highest BCUT2D eigenvalue weighted by atomic mass is 79.9. The van der Waals surface area contributed by atoms with Crippen LogP contribution in [0.5, 0.6) is 5.75 Å². The van der Waals surface area contributed by atoms with Gasteiger partial charge in [-0.05, 0) is 79.3 Å². The third-order valence-electron chi connectivity index (χ3n) is 6.56. The van der Waals surface area contributed by atoms with Crippen LogP contribution in [-0.4, -0.2) is 33.6 Å². The summed E-state index contributed by atoms with van der Waals surface area (Å²) in [6.07, 6.45) is 2.92. The van der Waals surface area contributed by atoms with Crippen molar-refractivity contribution in [3.8, 4) is 17.2 Å². The van der Waals surface area contributed by atoms with Gasteiger partial charge in [-0.15, -0.1) is 0 Å². The Bertz CT molecular complexity index is 1410. The van der Waals surface area contributed by atoms with E-state index in [-0.39, 0.29) is 15.8 Å².